The third-order valence-corrected chi connectivity index (χ3v) is 18.2. The smallest absolute Gasteiger partial charge is 0.0764 e. The summed E-state index contributed by atoms with van der Waals surface area (Å²) in [6.45, 7) is 23.7. The summed E-state index contributed by atoms with van der Waals surface area (Å²) >= 11 is 0. The molecule has 51 heavy (non-hydrogen) atoms. The van der Waals surface area contributed by atoms with Crippen molar-refractivity contribution < 1.29 is 4.74 Å². The lowest BCUT2D eigenvalue weighted by Crippen LogP contribution is -2.61. The van der Waals surface area contributed by atoms with E-state index in [2.05, 4.69) is 86.6 Å². The maximum absolute atomic E-state index is 6.46. The highest BCUT2D eigenvalue weighted by Gasteiger charge is 2.63. The molecule has 0 aromatic carbocycles. The van der Waals surface area contributed by atoms with Crippen LogP contribution in [0.1, 0.15) is 197 Å². The predicted octanol–water partition coefficient (Wildman–Crippen LogP) is 14.9. The fourth-order valence-electron chi connectivity index (χ4n) is 15.6. The van der Waals surface area contributed by atoms with Crippen LogP contribution in [0.3, 0.4) is 0 Å². The van der Waals surface area contributed by atoms with E-state index >= 15 is 0 Å². The van der Waals surface area contributed by atoms with Crippen LogP contribution in [0.5, 0.6) is 0 Å². The zero-order valence-electron chi connectivity index (χ0n) is 35.2. The molecule has 8 aliphatic carbocycles. The lowest BCUT2D eigenvalue weighted by molar-refractivity contribution is -0.213. The van der Waals surface area contributed by atoms with Crippen LogP contribution < -0.4 is 0 Å². The van der Waals surface area contributed by atoms with Gasteiger partial charge in [-0.3, -0.25) is 0 Å². The first kappa shape index (κ1) is 38.2. The van der Waals surface area contributed by atoms with Crippen LogP contribution in [0.25, 0.3) is 0 Å². The van der Waals surface area contributed by atoms with E-state index in [4.69, 9.17) is 4.74 Å². The van der Waals surface area contributed by atoms with Gasteiger partial charge in [-0.1, -0.05) is 128 Å². The normalized spacial score (nSPS) is 43.0. The van der Waals surface area contributed by atoms with Crippen molar-refractivity contribution in [2.45, 2.75) is 203 Å². The molecule has 9 aliphatic rings. The van der Waals surface area contributed by atoms with Crippen LogP contribution >= 0.6 is 0 Å². The van der Waals surface area contributed by atoms with Crippen LogP contribution in [0.2, 0.25) is 0 Å². The largest absolute Gasteiger partial charge is 0.374 e. The van der Waals surface area contributed by atoms with Crippen LogP contribution in [0, 0.1) is 56.7 Å². The van der Waals surface area contributed by atoms with Gasteiger partial charge in [-0.15, -0.1) is 0 Å². The van der Waals surface area contributed by atoms with Gasteiger partial charge in [0.05, 0.1) is 5.60 Å². The van der Waals surface area contributed by atoms with Crippen molar-refractivity contribution >= 4 is 0 Å². The Labute approximate surface area is 316 Å². The Bertz CT molecular complexity index is 1390. The molecule has 1 heterocycles. The summed E-state index contributed by atoms with van der Waals surface area (Å²) < 4.78 is 6.46. The van der Waals surface area contributed by atoms with E-state index in [1.165, 1.54) is 135 Å². The van der Waals surface area contributed by atoms with Gasteiger partial charge in [0.2, 0.25) is 0 Å². The molecule has 1 aliphatic heterocycles. The fraction of sp³-hybridized carbons (Fsp3) is 0.840. The molecule has 0 N–H and O–H groups in total. The SMILES string of the molecule is CC1(C)CCCC2C3=C(CC=CC3)CCC21.CC1(C)CCC[C@]2(C)C3=C(CC=CC3)CCC12.CC1CCC2C(C)(C)CCC[C@]2(C)C12CCCO2. The summed E-state index contributed by atoms with van der Waals surface area (Å²) in [5.74, 6) is 4.47. The highest BCUT2D eigenvalue weighted by Crippen LogP contribution is 2.66. The first-order chi connectivity index (χ1) is 24.1. The number of hydrogen-bond acceptors (Lipinski definition) is 1. The minimum Gasteiger partial charge on any atom is -0.374 e. The van der Waals surface area contributed by atoms with Gasteiger partial charge in [0.15, 0.2) is 0 Å². The van der Waals surface area contributed by atoms with Crippen molar-refractivity contribution in [1.29, 1.82) is 0 Å². The molecule has 1 nitrogen and oxygen atoms in total. The molecule has 1 heteroatoms. The van der Waals surface area contributed by atoms with Crippen molar-refractivity contribution in [2.75, 3.05) is 6.61 Å². The standard InChI is InChI=1S/C17H30O.C17H26.C16H24/c1-13-7-8-14-15(2,3)9-5-10-16(14,4)17(13)11-6-12-18-17;1-16(2)11-6-12-17(3)14-8-5-4-7-13(14)9-10-15(16)17;1-16(2)11-5-8-14-13-7-4-3-6-12(13)9-10-15(14)16/h13-14H,5-12H2,1-4H3;4-5,15H,6-12H2,1-3H3;3-4,14-15H,5-11H2,1-2H3/t13?,14?,16-,17?;15?,17-;/m01./s1. The molecule has 0 bridgehead atoms. The van der Waals surface area contributed by atoms with Crippen molar-refractivity contribution in [3.8, 4) is 0 Å². The maximum atomic E-state index is 6.46. The minimum absolute atomic E-state index is 0.216. The third kappa shape index (κ3) is 6.69. The average molecular weight is 697 g/mol. The second-order valence-electron chi connectivity index (χ2n) is 22.1. The summed E-state index contributed by atoms with van der Waals surface area (Å²) in [5.41, 5.74) is 10.2. The van der Waals surface area contributed by atoms with Gasteiger partial charge in [-0.25, -0.2) is 0 Å². The van der Waals surface area contributed by atoms with Gasteiger partial charge in [-0.05, 0) is 167 Å². The number of rotatable bonds is 0. The Balaban J connectivity index is 0.000000120. The van der Waals surface area contributed by atoms with Gasteiger partial charge in [0, 0.05) is 12.0 Å². The highest BCUT2D eigenvalue weighted by molar-refractivity contribution is 5.34. The van der Waals surface area contributed by atoms with Gasteiger partial charge in [0.25, 0.3) is 0 Å². The van der Waals surface area contributed by atoms with E-state index in [1.807, 2.05) is 11.1 Å². The van der Waals surface area contributed by atoms with E-state index in [0.717, 1.165) is 36.2 Å². The Kier molecular flexibility index (Phi) is 10.6. The summed E-state index contributed by atoms with van der Waals surface area (Å²) in [7, 11) is 0. The number of fused-ring (bicyclic) bond motifs is 6. The molecule has 6 unspecified atom stereocenters. The fourth-order valence-corrected chi connectivity index (χ4v) is 15.6. The van der Waals surface area contributed by atoms with Crippen LogP contribution in [0.15, 0.2) is 46.6 Å². The van der Waals surface area contributed by atoms with E-state index in [0.29, 0.717) is 27.1 Å². The third-order valence-electron chi connectivity index (χ3n) is 18.2. The van der Waals surface area contributed by atoms with Crippen molar-refractivity contribution in [1.82, 2.24) is 0 Å². The lowest BCUT2D eigenvalue weighted by Gasteiger charge is -2.63. The molecule has 5 fully saturated rings. The minimum atomic E-state index is 0.216. The predicted molar refractivity (Wildman–Crippen MR) is 219 cm³/mol. The molecule has 8 atom stereocenters. The Morgan fingerprint density at radius 3 is 1.94 bits per heavy atom. The van der Waals surface area contributed by atoms with Crippen molar-refractivity contribution in [2.24, 2.45) is 56.7 Å². The van der Waals surface area contributed by atoms with E-state index in [1.54, 1.807) is 11.1 Å². The summed E-state index contributed by atoms with van der Waals surface area (Å²) in [5, 5.41) is 0. The van der Waals surface area contributed by atoms with E-state index < -0.39 is 0 Å². The molecule has 1 spiro atoms. The first-order valence-electron chi connectivity index (χ1n) is 22.5. The summed E-state index contributed by atoms with van der Waals surface area (Å²) in [4.78, 5) is 0. The first-order valence-corrected chi connectivity index (χ1v) is 22.5. The van der Waals surface area contributed by atoms with Gasteiger partial charge < -0.3 is 4.74 Å². The van der Waals surface area contributed by atoms with E-state index in [9.17, 15) is 0 Å². The zero-order valence-corrected chi connectivity index (χ0v) is 35.2. The maximum Gasteiger partial charge on any atom is 0.0764 e. The Hall–Kier alpha value is -1.08. The van der Waals surface area contributed by atoms with E-state index in [-0.39, 0.29) is 5.60 Å². The Morgan fingerprint density at radius 2 is 1.20 bits per heavy atom. The molecule has 0 aromatic rings. The average Bonchev–Trinajstić information content (AvgIpc) is 3.59. The van der Waals surface area contributed by atoms with Gasteiger partial charge in [0.1, 0.15) is 0 Å². The van der Waals surface area contributed by atoms with Crippen LogP contribution in [0.4, 0.5) is 0 Å². The topological polar surface area (TPSA) is 9.23 Å². The molecule has 0 aromatic heterocycles. The molecule has 1 saturated heterocycles. The lowest BCUT2D eigenvalue weighted by atomic mass is 9.44. The molecule has 9 rings (SSSR count). The number of hydrogen-bond donors (Lipinski definition) is 0. The number of ether oxygens (including phenoxy) is 1. The second-order valence-corrected chi connectivity index (χ2v) is 22.1. The van der Waals surface area contributed by atoms with Gasteiger partial charge >= 0.3 is 0 Å². The van der Waals surface area contributed by atoms with Gasteiger partial charge in [-0.2, -0.15) is 0 Å². The van der Waals surface area contributed by atoms with Crippen molar-refractivity contribution in [3.05, 3.63) is 46.6 Å². The zero-order chi connectivity index (χ0) is 36.3. The summed E-state index contributed by atoms with van der Waals surface area (Å²) in [6, 6.07) is 0. The van der Waals surface area contributed by atoms with Crippen LogP contribution in [-0.4, -0.2) is 12.2 Å². The molecular weight excluding hydrogens is 617 g/mol. The molecule has 0 radical (unpaired) electrons. The van der Waals surface area contributed by atoms with Crippen molar-refractivity contribution in [3.63, 3.8) is 0 Å². The monoisotopic (exact) mass is 697 g/mol. The molecule has 286 valence electrons. The quantitative estimate of drug-likeness (QED) is 0.229. The Morgan fingerprint density at radius 1 is 0.549 bits per heavy atom. The molecular formula is C50H80O. The molecule has 4 saturated carbocycles. The second kappa shape index (κ2) is 14.2. The molecule has 0 amide bonds. The van der Waals surface area contributed by atoms with Crippen LogP contribution in [-0.2, 0) is 4.74 Å². The number of allylic oxidation sites excluding steroid dienone is 8. The highest BCUT2D eigenvalue weighted by atomic mass is 16.5. The summed E-state index contributed by atoms with van der Waals surface area (Å²) in [6.07, 6.45) is 38.6.